The van der Waals surface area contributed by atoms with Crippen LogP contribution in [0.5, 0.6) is 0 Å². The summed E-state index contributed by atoms with van der Waals surface area (Å²) >= 11 is 0. The molecule has 0 saturated heterocycles. The molecule has 0 fully saturated rings. The van der Waals surface area contributed by atoms with Crippen LogP contribution in [0.1, 0.15) is 13.3 Å². The molecule has 0 saturated carbocycles. The zero-order valence-electron chi connectivity index (χ0n) is 5.59. The SMILES string of the molecule is CCC(O)O.COC. The van der Waals surface area contributed by atoms with Crippen LogP contribution in [0.25, 0.3) is 0 Å². The van der Waals surface area contributed by atoms with Gasteiger partial charge in [-0.3, -0.25) is 0 Å². The maximum absolute atomic E-state index is 7.92. The number of rotatable bonds is 1. The normalized spacial score (nSPS) is 8.25. The second-order valence-corrected chi connectivity index (χ2v) is 1.30. The van der Waals surface area contributed by atoms with E-state index in [0.717, 1.165) is 0 Å². The lowest BCUT2D eigenvalue weighted by Crippen LogP contribution is -1.99. The Hall–Kier alpha value is -0.120. The van der Waals surface area contributed by atoms with Gasteiger partial charge in [-0.2, -0.15) is 0 Å². The molecule has 0 atom stereocenters. The monoisotopic (exact) mass is 122 g/mol. The molecule has 52 valence electrons. The molecule has 0 aliphatic heterocycles. The van der Waals surface area contributed by atoms with Crippen molar-refractivity contribution in [3.63, 3.8) is 0 Å². The van der Waals surface area contributed by atoms with Crippen molar-refractivity contribution in [2.45, 2.75) is 19.6 Å². The van der Waals surface area contributed by atoms with Gasteiger partial charge in [0, 0.05) is 14.2 Å². The van der Waals surface area contributed by atoms with Gasteiger partial charge in [0.2, 0.25) is 0 Å². The first-order chi connectivity index (χ1) is 3.68. The number of aliphatic hydroxyl groups excluding tert-OH is 1. The van der Waals surface area contributed by atoms with E-state index in [9.17, 15) is 0 Å². The van der Waals surface area contributed by atoms with E-state index in [2.05, 4.69) is 4.74 Å². The summed E-state index contributed by atoms with van der Waals surface area (Å²) in [6.45, 7) is 1.70. The van der Waals surface area contributed by atoms with Crippen molar-refractivity contribution in [2.75, 3.05) is 14.2 Å². The van der Waals surface area contributed by atoms with Gasteiger partial charge in [0.05, 0.1) is 0 Å². The van der Waals surface area contributed by atoms with Crippen LogP contribution in [0.15, 0.2) is 0 Å². The first-order valence-corrected chi connectivity index (χ1v) is 2.45. The number of hydrogen-bond donors (Lipinski definition) is 2. The molecule has 0 spiro atoms. The molecule has 8 heavy (non-hydrogen) atoms. The molecule has 3 nitrogen and oxygen atoms in total. The molecule has 0 aromatic heterocycles. The smallest absolute Gasteiger partial charge is 0.151 e. The zero-order chi connectivity index (χ0) is 6.99. The molecule has 2 N–H and O–H groups in total. The van der Waals surface area contributed by atoms with Crippen LogP contribution in [0, 0.1) is 0 Å². The van der Waals surface area contributed by atoms with Gasteiger partial charge in [0.1, 0.15) is 0 Å². The molecule has 0 aliphatic rings. The van der Waals surface area contributed by atoms with Gasteiger partial charge in [-0.25, -0.2) is 0 Å². The Kier molecular flexibility index (Phi) is 13.5. The highest BCUT2D eigenvalue weighted by molar-refractivity contribution is 4.21. The average Bonchev–Trinajstić information content (AvgIpc) is 1.69. The van der Waals surface area contributed by atoms with Crippen molar-refractivity contribution in [3.05, 3.63) is 0 Å². The van der Waals surface area contributed by atoms with Crippen molar-refractivity contribution in [3.8, 4) is 0 Å². The van der Waals surface area contributed by atoms with E-state index in [-0.39, 0.29) is 0 Å². The highest BCUT2D eigenvalue weighted by Crippen LogP contribution is 1.77. The van der Waals surface area contributed by atoms with Crippen LogP contribution in [0.3, 0.4) is 0 Å². The molecule has 0 amide bonds. The van der Waals surface area contributed by atoms with E-state index in [1.807, 2.05) is 0 Å². The van der Waals surface area contributed by atoms with E-state index in [0.29, 0.717) is 6.42 Å². The van der Waals surface area contributed by atoms with E-state index < -0.39 is 6.29 Å². The Morgan fingerprint density at radius 1 is 1.38 bits per heavy atom. The van der Waals surface area contributed by atoms with Crippen molar-refractivity contribution >= 4 is 0 Å². The summed E-state index contributed by atoms with van der Waals surface area (Å²) in [6, 6.07) is 0. The lowest BCUT2D eigenvalue weighted by Gasteiger charge is -1.90. The number of aliphatic hydroxyl groups is 2. The van der Waals surface area contributed by atoms with E-state index >= 15 is 0 Å². The molecule has 0 aliphatic carbocycles. The molecule has 3 heteroatoms. The zero-order valence-corrected chi connectivity index (χ0v) is 5.59. The predicted molar refractivity (Wildman–Crippen MR) is 31.4 cm³/mol. The average molecular weight is 122 g/mol. The van der Waals surface area contributed by atoms with Gasteiger partial charge in [-0.1, -0.05) is 6.92 Å². The molecule has 0 radical (unpaired) electrons. The van der Waals surface area contributed by atoms with Crippen molar-refractivity contribution < 1.29 is 14.9 Å². The van der Waals surface area contributed by atoms with Gasteiger partial charge in [0.25, 0.3) is 0 Å². The summed E-state index contributed by atoms with van der Waals surface area (Å²) in [5.41, 5.74) is 0. The third kappa shape index (κ3) is 39.6. The summed E-state index contributed by atoms with van der Waals surface area (Å²) in [4.78, 5) is 0. The van der Waals surface area contributed by atoms with E-state index in [1.54, 1.807) is 21.1 Å². The number of methoxy groups -OCH3 is 1. The fourth-order valence-electron chi connectivity index (χ4n) is 0. The topological polar surface area (TPSA) is 49.7 Å². The third-order valence-electron chi connectivity index (χ3n) is 0.365. The largest absolute Gasteiger partial charge is 0.388 e. The van der Waals surface area contributed by atoms with Crippen molar-refractivity contribution in [2.24, 2.45) is 0 Å². The summed E-state index contributed by atoms with van der Waals surface area (Å²) in [5, 5.41) is 15.8. The number of hydrogen-bond acceptors (Lipinski definition) is 3. The van der Waals surface area contributed by atoms with Crippen LogP contribution in [0.4, 0.5) is 0 Å². The molecule has 0 aromatic carbocycles. The summed E-state index contributed by atoms with van der Waals surface area (Å²) in [6.07, 6.45) is -0.699. The van der Waals surface area contributed by atoms with Crippen molar-refractivity contribution in [1.29, 1.82) is 0 Å². The van der Waals surface area contributed by atoms with Crippen LogP contribution >= 0.6 is 0 Å². The van der Waals surface area contributed by atoms with Gasteiger partial charge < -0.3 is 14.9 Å². The third-order valence-corrected chi connectivity index (χ3v) is 0.365. The maximum atomic E-state index is 7.92. The van der Waals surface area contributed by atoms with Crippen LogP contribution in [0.2, 0.25) is 0 Å². The molecule has 0 unspecified atom stereocenters. The summed E-state index contributed by atoms with van der Waals surface area (Å²) in [7, 11) is 3.25. The minimum Gasteiger partial charge on any atom is -0.388 e. The Morgan fingerprint density at radius 2 is 1.50 bits per heavy atom. The van der Waals surface area contributed by atoms with Gasteiger partial charge >= 0.3 is 0 Å². The molecule has 0 aromatic rings. The Bertz CT molecular complexity index is 28.9. The fraction of sp³-hybridized carbons (Fsp3) is 1.00. The second-order valence-electron chi connectivity index (χ2n) is 1.30. The Labute approximate surface area is 49.9 Å². The second kappa shape index (κ2) is 9.99. The Balaban J connectivity index is 0. The first-order valence-electron chi connectivity index (χ1n) is 2.45. The fourth-order valence-corrected chi connectivity index (χ4v) is 0. The lowest BCUT2D eigenvalue weighted by molar-refractivity contribution is -0.0413. The minimum atomic E-state index is -1.12. The van der Waals surface area contributed by atoms with Crippen LogP contribution in [-0.2, 0) is 4.74 Å². The van der Waals surface area contributed by atoms with Gasteiger partial charge in [-0.15, -0.1) is 0 Å². The van der Waals surface area contributed by atoms with E-state index in [4.69, 9.17) is 10.2 Å². The predicted octanol–water partition coefficient (Wildman–Crippen LogP) is -0.0303. The lowest BCUT2D eigenvalue weighted by atomic mass is 10.5. The molecule has 0 bridgehead atoms. The first kappa shape index (κ1) is 10.8. The summed E-state index contributed by atoms with van der Waals surface area (Å²) in [5.74, 6) is 0. The molecular weight excluding hydrogens is 108 g/mol. The standard InChI is InChI=1S/C3H8O2.C2H6O/c1-2-3(4)5;1-3-2/h3-5H,2H2,1H3;1-2H3. The van der Waals surface area contributed by atoms with Crippen molar-refractivity contribution in [1.82, 2.24) is 0 Å². The summed E-state index contributed by atoms with van der Waals surface area (Å²) < 4.78 is 4.25. The molecule has 0 rings (SSSR count). The molecule has 0 heterocycles. The van der Waals surface area contributed by atoms with E-state index in [1.165, 1.54) is 0 Å². The quantitative estimate of drug-likeness (QED) is 0.480. The highest BCUT2D eigenvalue weighted by Gasteiger charge is 1.83. The highest BCUT2D eigenvalue weighted by atomic mass is 16.5. The maximum Gasteiger partial charge on any atom is 0.151 e. The van der Waals surface area contributed by atoms with Crippen LogP contribution in [-0.4, -0.2) is 30.7 Å². The number of ether oxygens (including phenoxy) is 1. The Morgan fingerprint density at radius 3 is 1.50 bits per heavy atom. The molecular formula is C5H14O3. The minimum absolute atomic E-state index is 0.417. The van der Waals surface area contributed by atoms with Crippen LogP contribution < -0.4 is 0 Å². The van der Waals surface area contributed by atoms with Gasteiger partial charge in [0.15, 0.2) is 6.29 Å². The van der Waals surface area contributed by atoms with Gasteiger partial charge in [-0.05, 0) is 6.42 Å².